The molecule has 0 fully saturated rings. The van der Waals surface area contributed by atoms with Gasteiger partial charge in [-0.1, -0.05) is 127 Å². The summed E-state index contributed by atoms with van der Waals surface area (Å²) in [5, 5.41) is 7.93. The van der Waals surface area contributed by atoms with Gasteiger partial charge in [-0.3, -0.25) is 19.1 Å². The highest BCUT2D eigenvalue weighted by atomic mass is 28.3. The highest BCUT2D eigenvalue weighted by Gasteiger charge is 2.45. The Morgan fingerprint density at radius 3 is 1.16 bits per heavy atom. The predicted molar refractivity (Wildman–Crippen MR) is 208 cm³/mol. The number of pyridine rings is 2. The fraction of sp³-hybridized carbons (Fsp3) is 0. The molecule has 0 amide bonds. The molecule has 0 unspecified atom stereocenters. The Morgan fingerprint density at radius 2 is 0.725 bits per heavy atom. The molecule has 5 aromatic carbocycles. The third kappa shape index (κ3) is 4.40. The highest BCUT2D eigenvalue weighted by molar-refractivity contribution is 7.19. The van der Waals surface area contributed by atoms with Crippen LogP contribution < -0.4 is 21.0 Å². The van der Waals surface area contributed by atoms with Gasteiger partial charge in [0.1, 0.15) is 5.45 Å². The minimum Gasteiger partial charge on any atom is -0.276 e. The molecule has 0 bridgehead atoms. The molecule has 51 heavy (non-hydrogen) atoms. The average Bonchev–Trinajstić information content (AvgIpc) is 3.73. The Bertz CT molecular complexity index is 2530. The van der Waals surface area contributed by atoms with E-state index in [1.165, 1.54) is 15.6 Å². The maximum absolute atomic E-state index is 5.59. The molecular formula is C43H29N7Si. The van der Waals surface area contributed by atoms with Crippen molar-refractivity contribution in [3.05, 3.63) is 176 Å². The van der Waals surface area contributed by atoms with Crippen LogP contribution in [-0.2, 0) is 0 Å². The summed E-state index contributed by atoms with van der Waals surface area (Å²) in [6.07, 6.45) is 7.48. The van der Waals surface area contributed by atoms with Gasteiger partial charge in [-0.25, -0.2) is 9.97 Å². The van der Waals surface area contributed by atoms with Gasteiger partial charge in [0.15, 0.2) is 0 Å². The number of benzene rings is 5. The van der Waals surface area contributed by atoms with Gasteiger partial charge in [-0.05, 0) is 39.8 Å². The predicted octanol–water partition coefficient (Wildman–Crippen LogP) is 6.23. The molecular weight excluding hydrogens is 643 g/mol. The monoisotopic (exact) mass is 671 g/mol. The number of hydrogen-bond donors (Lipinski definition) is 0. The van der Waals surface area contributed by atoms with Crippen molar-refractivity contribution >= 4 is 72.7 Å². The Labute approximate surface area is 294 Å². The maximum atomic E-state index is 5.59. The molecule has 8 heteroatoms. The largest absolute Gasteiger partial charge is 0.276 e. The van der Waals surface area contributed by atoms with E-state index in [0.717, 1.165) is 49.1 Å². The second kappa shape index (κ2) is 11.7. The van der Waals surface area contributed by atoms with Gasteiger partial charge < -0.3 is 0 Å². The van der Waals surface area contributed by atoms with E-state index >= 15 is 0 Å². The zero-order valence-corrected chi connectivity index (χ0v) is 28.4. The van der Waals surface area contributed by atoms with Crippen LogP contribution in [0.15, 0.2) is 176 Å². The van der Waals surface area contributed by atoms with Crippen LogP contribution in [0.25, 0.3) is 55.5 Å². The van der Waals surface area contributed by atoms with Gasteiger partial charge in [0.2, 0.25) is 20.0 Å². The van der Waals surface area contributed by atoms with E-state index in [0.29, 0.717) is 11.9 Å². The lowest BCUT2D eigenvalue weighted by molar-refractivity contribution is 0.902. The third-order valence-corrected chi connectivity index (χ3v) is 14.4. The molecule has 0 N–H and O–H groups in total. The summed E-state index contributed by atoms with van der Waals surface area (Å²) in [6, 6.07) is 53.2. The number of fused-ring (bicyclic) bond motifs is 6. The summed E-state index contributed by atoms with van der Waals surface area (Å²) in [5.41, 5.74) is 4.59. The molecule has 0 saturated heterocycles. The smallest absolute Gasteiger partial charge is 0.239 e. The zero-order valence-electron chi connectivity index (χ0n) is 27.4. The van der Waals surface area contributed by atoms with Gasteiger partial charge >= 0.3 is 0 Å². The van der Waals surface area contributed by atoms with Crippen LogP contribution in [0.1, 0.15) is 0 Å². The van der Waals surface area contributed by atoms with E-state index < -0.39 is 8.07 Å². The van der Waals surface area contributed by atoms with Gasteiger partial charge in [0, 0.05) is 33.9 Å². The van der Waals surface area contributed by atoms with Crippen molar-refractivity contribution in [3.63, 3.8) is 0 Å². The van der Waals surface area contributed by atoms with E-state index in [2.05, 4.69) is 171 Å². The first-order chi connectivity index (χ1) is 25.3. The average molecular weight is 672 g/mol. The molecule has 5 aromatic heterocycles. The molecule has 7 nitrogen and oxygen atoms in total. The summed E-state index contributed by atoms with van der Waals surface area (Å²) in [6.45, 7) is 0. The quantitative estimate of drug-likeness (QED) is 0.155. The van der Waals surface area contributed by atoms with Crippen LogP contribution >= 0.6 is 0 Å². The van der Waals surface area contributed by atoms with Crippen LogP contribution in [0.3, 0.4) is 0 Å². The van der Waals surface area contributed by atoms with E-state index in [1.54, 1.807) is 0 Å². The first kappa shape index (κ1) is 29.2. The molecule has 5 heterocycles. The first-order valence-corrected chi connectivity index (χ1v) is 18.9. The topological polar surface area (TPSA) is 74.3 Å². The van der Waals surface area contributed by atoms with Gasteiger partial charge in [-0.2, -0.15) is 4.98 Å². The lowest BCUT2D eigenvalue weighted by Crippen LogP contribution is -2.76. The highest BCUT2D eigenvalue weighted by Crippen LogP contribution is 2.32. The minimum absolute atomic E-state index is 0.531. The lowest BCUT2D eigenvalue weighted by Gasteiger charge is -2.32. The van der Waals surface area contributed by atoms with Gasteiger partial charge in [-0.15, -0.1) is 0 Å². The summed E-state index contributed by atoms with van der Waals surface area (Å²) in [5.74, 6) is 1.06. The summed E-state index contributed by atoms with van der Waals surface area (Å²) >= 11 is 0. The van der Waals surface area contributed by atoms with Crippen molar-refractivity contribution < 1.29 is 0 Å². The summed E-state index contributed by atoms with van der Waals surface area (Å²) in [4.78, 5) is 25.7. The first-order valence-electron chi connectivity index (χ1n) is 16.9. The molecule has 0 spiro atoms. The fourth-order valence-electron chi connectivity index (χ4n) is 7.74. The van der Waals surface area contributed by atoms with E-state index in [4.69, 9.17) is 15.0 Å². The number of hydrogen-bond acceptors (Lipinski definition) is 5. The third-order valence-electron chi connectivity index (χ3n) is 9.92. The van der Waals surface area contributed by atoms with E-state index in [1.807, 2.05) is 24.8 Å². The minimum atomic E-state index is -3.18. The zero-order chi connectivity index (χ0) is 33.8. The van der Waals surface area contributed by atoms with Crippen molar-refractivity contribution in [3.8, 4) is 11.9 Å². The second-order valence-corrected chi connectivity index (χ2v) is 16.3. The van der Waals surface area contributed by atoms with E-state index in [9.17, 15) is 0 Å². The van der Waals surface area contributed by atoms with Crippen LogP contribution in [0, 0.1) is 0 Å². The SMILES string of the molecule is c1ccc([Si](c2ccccc2)(c2ccccc2)c2nc(-n3c4ccccc4c4ccncc43)nc(-n3c4ccccc4c4ccncc43)n2)cc1. The fourth-order valence-corrected chi connectivity index (χ4v) is 12.1. The van der Waals surface area contributed by atoms with Gasteiger partial charge in [0.25, 0.3) is 0 Å². The molecule has 0 aliphatic rings. The Kier molecular flexibility index (Phi) is 6.68. The van der Waals surface area contributed by atoms with Crippen LogP contribution in [0.4, 0.5) is 0 Å². The van der Waals surface area contributed by atoms with Crippen LogP contribution in [0.2, 0.25) is 0 Å². The molecule has 0 aliphatic heterocycles. The Balaban J connectivity index is 1.41. The molecule has 0 saturated carbocycles. The second-order valence-electron chi connectivity index (χ2n) is 12.6. The molecule has 0 atom stereocenters. The van der Waals surface area contributed by atoms with Gasteiger partial charge in [0.05, 0.1) is 34.5 Å². The van der Waals surface area contributed by atoms with Crippen molar-refractivity contribution in [1.29, 1.82) is 0 Å². The number of nitrogens with zero attached hydrogens (tertiary/aromatic N) is 7. The molecule has 0 aliphatic carbocycles. The van der Waals surface area contributed by atoms with Crippen molar-refractivity contribution in [1.82, 2.24) is 34.1 Å². The van der Waals surface area contributed by atoms with Crippen LogP contribution in [0.5, 0.6) is 0 Å². The number of para-hydroxylation sites is 2. The van der Waals surface area contributed by atoms with Crippen molar-refractivity contribution in [2.75, 3.05) is 0 Å². The lowest BCUT2D eigenvalue weighted by atomic mass is 10.2. The van der Waals surface area contributed by atoms with Crippen molar-refractivity contribution in [2.24, 2.45) is 0 Å². The normalized spacial score (nSPS) is 11.9. The number of rotatable bonds is 6. The number of aromatic nitrogens is 7. The van der Waals surface area contributed by atoms with Crippen molar-refractivity contribution in [2.45, 2.75) is 0 Å². The summed E-state index contributed by atoms with van der Waals surface area (Å²) in [7, 11) is -3.18. The molecule has 240 valence electrons. The molecule has 10 aromatic rings. The van der Waals surface area contributed by atoms with E-state index in [-0.39, 0.29) is 0 Å². The molecule has 10 rings (SSSR count). The maximum Gasteiger partial charge on any atom is 0.239 e. The molecule has 0 radical (unpaired) electrons. The standard InChI is InChI=1S/C43H29N7Si/c1-4-14-30(15-5-1)51(31-16-6-2-7-17-31,32-18-8-3-9-19-32)43-47-41(49-37-22-12-10-20-33(37)35-24-26-44-28-39(35)49)46-42(48-43)50-38-23-13-11-21-34(38)36-25-27-45-29-40(36)50/h1-29H. The summed E-state index contributed by atoms with van der Waals surface area (Å²) < 4.78 is 4.28. The van der Waals surface area contributed by atoms with Crippen LogP contribution in [-0.4, -0.2) is 42.1 Å². The Morgan fingerprint density at radius 1 is 0.353 bits per heavy atom. The Hall–Kier alpha value is -6.77.